The summed E-state index contributed by atoms with van der Waals surface area (Å²) in [5, 5.41) is 23.5. The Kier molecular flexibility index (Phi) is 26.3. The van der Waals surface area contributed by atoms with Crippen molar-refractivity contribution in [3.63, 3.8) is 0 Å². The summed E-state index contributed by atoms with van der Waals surface area (Å²) in [7, 11) is 0. The number of Topliss-reactive ketones (excluding diaryl/α,β-unsaturated/α-hetero) is 2. The van der Waals surface area contributed by atoms with Crippen LogP contribution in [0.4, 0.5) is 0 Å². The number of aromatic carboxylic acids is 1. The Morgan fingerprint density at radius 2 is 1.25 bits per heavy atom. The molecule has 0 saturated heterocycles. The molecule has 0 aliphatic carbocycles. The van der Waals surface area contributed by atoms with Crippen molar-refractivity contribution in [1.82, 2.24) is 10.6 Å². The number of carbonyl (C=O) groups is 6. The van der Waals surface area contributed by atoms with Crippen molar-refractivity contribution in [2.24, 2.45) is 5.92 Å². The second kappa shape index (κ2) is 29.6. The first-order valence-corrected chi connectivity index (χ1v) is 18.1. The molecule has 52 heavy (non-hydrogen) atoms. The van der Waals surface area contributed by atoms with Crippen LogP contribution in [0.25, 0.3) is 0 Å². The van der Waals surface area contributed by atoms with E-state index in [-0.39, 0.29) is 93.7 Å². The third-order valence-electron chi connectivity index (χ3n) is 7.67. The van der Waals surface area contributed by atoms with E-state index in [1.54, 1.807) is 12.1 Å². The highest BCUT2D eigenvalue weighted by Crippen LogP contribution is 2.14. The molecule has 0 aromatic heterocycles. The molecule has 1 aromatic carbocycles. The number of aliphatic carboxylic acids is 1. The average Bonchev–Trinajstić information content (AvgIpc) is 3.11. The highest BCUT2D eigenvalue weighted by Gasteiger charge is 2.20. The zero-order chi connectivity index (χ0) is 38.4. The van der Waals surface area contributed by atoms with Gasteiger partial charge in [0, 0.05) is 38.3 Å². The van der Waals surface area contributed by atoms with Crippen molar-refractivity contribution >= 4 is 35.3 Å². The maximum Gasteiger partial charge on any atom is 0.335 e. The molecule has 4 N–H and O–H groups in total. The lowest BCUT2D eigenvalue weighted by atomic mass is 10.1. The van der Waals surface area contributed by atoms with Gasteiger partial charge in [-0.15, -0.1) is 0 Å². The van der Waals surface area contributed by atoms with Crippen LogP contribution in [0.3, 0.4) is 0 Å². The SMILES string of the molecule is CC(C)C(=O)COCCOCCCC(=O)COCCOCCNC(=O)CC[C@H](NC(=O)CCCCCCCCOc1ccc(C(=O)O)cc1)C(=O)O. The minimum Gasteiger partial charge on any atom is -0.494 e. The molecular formula is C37H58N2O13. The van der Waals surface area contributed by atoms with Gasteiger partial charge in [0.1, 0.15) is 25.0 Å². The highest BCUT2D eigenvalue weighted by molar-refractivity contribution is 5.87. The fourth-order valence-electron chi connectivity index (χ4n) is 4.54. The van der Waals surface area contributed by atoms with Crippen LogP contribution in [0.2, 0.25) is 0 Å². The van der Waals surface area contributed by atoms with Crippen molar-refractivity contribution < 1.29 is 62.7 Å². The first-order valence-electron chi connectivity index (χ1n) is 18.1. The normalized spacial score (nSPS) is 11.6. The molecule has 0 aliphatic heterocycles. The standard InChI is InChI=1S/C37H58N2O13/c1-28(2)33(41)27-51-25-22-48-19-9-10-30(40)26-50-24-23-49-21-18-38-34(42)17-16-32(37(46)47)39-35(43)11-7-5-3-4-6-8-20-52-31-14-12-29(13-15-31)36(44)45/h12-15,28,32H,3-11,16-27H2,1-2H3,(H,38,42)(H,39,43)(H,44,45)(H,46,47)/t32-/m0/s1. The average molecular weight is 739 g/mol. The van der Waals surface area contributed by atoms with Crippen molar-refractivity contribution in [1.29, 1.82) is 0 Å². The fourth-order valence-corrected chi connectivity index (χ4v) is 4.54. The van der Waals surface area contributed by atoms with Crippen LogP contribution in [0.1, 0.15) is 94.8 Å². The van der Waals surface area contributed by atoms with Gasteiger partial charge < -0.3 is 44.5 Å². The molecule has 294 valence electrons. The van der Waals surface area contributed by atoms with E-state index in [1.807, 2.05) is 13.8 Å². The van der Waals surface area contributed by atoms with Gasteiger partial charge >= 0.3 is 11.9 Å². The molecule has 0 aliphatic rings. The smallest absolute Gasteiger partial charge is 0.335 e. The van der Waals surface area contributed by atoms with Gasteiger partial charge in [-0.2, -0.15) is 0 Å². The van der Waals surface area contributed by atoms with E-state index < -0.39 is 18.0 Å². The van der Waals surface area contributed by atoms with E-state index in [9.17, 15) is 33.9 Å². The predicted octanol–water partition coefficient (Wildman–Crippen LogP) is 3.60. The van der Waals surface area contributed by atoms with Gasteiger partial charge in [0.2, 0.25) is 11.8 Å². The first-order chi connectivity index (χ1) is 25.0. The second-order valence-electron chi connectivity index (χ2n) is 12.5. The topological polar surface area (TPSA) is 213 Å². The van der Waals surface area contributed by atoms with Crippen LogP contribution in [-0.2, 0) is 42.9 Å². The zero-order valence-corrected chi connectivity index (χ0v) is 30.7. The molecule has 0 spiro atoms. The zero-order valence-electron chi connectivity index (χ0n) is 30.7. The number of carboxylic acids is 2. The Balaban J connectivity index is 1.97. The molecule has 2 amide bonds. The van der Waals surface area contributed by atoms with E-state index >= 15 is 0 Å². The Morgan fingerprint density at radius 1 is 0.635 bits per heavy atom. The summed E-state index contributed by atoms with van der Waals surface area (Å²) in [6.45, 7) is 6.19. The van der Waals surface area contributed by atoms with Crippen LogP contribution in [0.5, 0.6) is 5.75 Å². The van der Waals surface area contributed by atoms with Crippen LogP contribution >= 0.6 is 0 Å². The maximum atomic E-state index is 12.3. The van der Waals surface area contributed by atoms with Gasteiger partial charge in [0.15, 0.2) is 11.6 Å². The Morgan fingerprint density at radius 3 is 1.90 bits per heavy atom. The van der Waals surface area contributed by atoms with Gasteiger partial charge in [-0.3, -0.25) is 19.2 Å². The van der Waals surface area contributed by atoms with Crippen LogP contribution in [0.15, 0.2) is 24.3 Å². The van der Waals surface area contributed by atoms with Crippen LogP contribution in [0, 0.1) is 5.92 Å². The number of amides is 2. The third-order valence-corrected chi connectivity index (χ3v) is 7.67. The quantitative estimate of drug-likeness (QED) is 0.0746. The van der Waals surface area contributed by atoms with Crippen molar-refractivity contribution in [3.8, 4) is 5.75 Å². The fraction of sp³-hybridized carbons (Fsp3) is 0.676. The van der Waals surface area contributed by atoms with Crippen molar-refractivity contribution in [2.45, 2.75) is 90.5 Å². The Hall–Kier alpha value is -3.92. The monoisotopic (exact) mass is 738 g/mol. The molecule has 1 atom stereocenters. The second-order valence-corrected chi connectivity index (χ2v) is 12.5. The van der Waals surface area contributed by atoms with E-state index in [0.717, 1.165) is 32.1 Å². The number of benzene rings is 1. The summed E-state index contributed by atoms with van der Waals surface area (Å²) in [6.07, 6.45) is 6.13. The van der Waals surface area contributed by atoms with Crippen molar-refractivity contribution in [2.75, 3.05) is 66.0 Å². The number of carbonyl (C=O) groups excluding carboxylic acids is 4. The summed E-state index contributed by atoms with van der Waals surface area (Å²) < 4.78 is 26.9. The van der Waals surface area contributed by atoms with E-state index in [0.29, 0.717) is 51.4 Å². The molecule has 0 unspecified atom stereocenters. The lowest BCUT2D eigenvalue weighted by Crippen LogP contribution is -2.41. The Bertz CT molecular complexity index is 1190. The number of unbranched alkanes of at least 4 members (excludes halogenated alkanes) is 5. The number of nitrogens with one attached hydrogen (secondary N) is 2. The van der Waals surface area contributed by atoms with Gasteiger partial charge in [-0.1, -0.05) is 39.5 Å². The van der Waals surface area contributed by atoms with Gasteiger partial charge in [0.05, 0.1) is 45.2 Å². The van der Waals surface area contributed by atoms with E-state index in [2.05, 4.69) is 10.6 Å². The predicted molar refractivity (Wildman–Crippen MR) is 190 cm³/mol. The lowest BCUT2D eigenvalue weighted by Gasteiger charge is -2.14. The van der Waals surface area contributed by atoms with Crippen molar-refractivity contribution in [3.05, 3.63) is 29.8 Å². The number of hydrogen-bond donors (Lipinski definition) is 4. The summed E-state index contributed by atoms with van der Waals surface area (Å²) in [5.41, 5.74) is 0.209. The summed E-state index contributed by atoms with van der Waals surface area (Å²) >= 11 is 0. The molecular weight excluding hydrogens is 680 g/mol. The molecule has 0 saturated carbocycles. The van der Waals surface area contributed by atoms with Gasteiger partial charge in [-0.05, 0) is 49.9 Å². The van der Waals surface area contributed by atoms with E-state index in [4.69, 9.17) is 28.8 Å². The summed E-state index contributed by atoms with van der Waals surface area (Å²) in [4.78, 5) is 70.2. The molecule has 15 heteroatoms. The number of ketones is 2. The minimum absolute atomic E-state index is 0.0316. The largest absolute Gasteiger partial charge is 0.494 e. The Labute approximate surface area is 306 Å². The maximum absolute atomic E-state index is 12.3. The number of carboxylic acid groups (broad SMARTS) is 2. The summed E-state index contributed by atoms with van der Waals surface area (Å²) in [6, 6.07) is 5.10. The molecule has 0 radical (unpaired) electrons. The van der Waals surface area contributed by atoms with E-state index in [1.165, 1.54) is 12.1 Å². The number of rotatable bonds is 34. The molecule has 1 aromatic rings. The van der Waals surface area contributed by atoms with Gasteiger partial charge in [0.25, 0.3) is 0 Å². The molecule has 0 heterocycles. The molecule has 0 bridgehead atoms. The third kappa shape index (κ3) is 25.1. The van der Waals surface area contributed by atoms with Crippen LogP contribution in [-0.4, -0.2) is 118 Å². The number of hydrogen-bond acceptors (Lipinski definition) is 11. The number of ether oxygens (including phenoxy) is 5. The van der Waals surface area contributed by atoms with Gasteiger partial charge in [-0.25, -0.2) is 9.59 Å². The van der Waals surface area contributed by atoms with Crippen LogP contribution < -0.4 is 15.4 Å². The molecule has 1 rings (SSSR count). The molecule has 15 nitrogen and oxygen atoms in total. The highest BCUT2D eigenvalue weighted by atomic mass is 16.5. The minimum atomic E-state index is -1.20. The first kappa shape index (κ1) is 46.1. The summed E-state index contributed by atoms with van der Waals surface area (Å²) in [5.74, 6) is -2.34. The lowest BCUT2D eigenvalue weighted by molar-refractivity contribution is -0.142. The molecule has 0 fully saturated rings.